The van der Waals surface area contributed by atoms with E-state index in [0.717, 1.165) is 27.8 Å². The van der Waals surface area contributed by atoms with Crippen LogP contribution in [0.15, 0.2) is 30.6 Å². The highest BCUT2D eigenvalue weighted by atomic mass is 19.4. The molecule has 1 aliphatic heterocycles. The summed E-state index contributed by atoms with van der Waals surface area (Å²) >= 11 is 0. The van der Waals surface area contributed by atoms with Crippen LogP contribution >= 0.6 is 0 Å². The quantitative estimate of drug-likeness (QED) is 0.631. The van der Waals surface area contributed by atoms with Gasteiger partial charge in [0.15, 0.2) is 5.82 Å². The maximum absolute atomic E-state index is 13.6. The second kappa shape index (κ2) is 6.73. The van der Waals surface area contributed by atoms with E-state index >= 15 is 0 Å². The number of hydrogen-bond donors (Lipinski definition) is 1. The molecule has 1 fully saturated rings. The summed E-state index contributed by atoms with van der Waals surface area (Å²) in [6.45, 7) is 0.401. The van der Waals surface area contributed by atoms with Crippen LogP contribution in [0, 0.1) is 6.92 Å². The van der Waals surface area contributed by atoms with Crippen LogP contribution in [0.5, 0.6) is 0 Å². The zero-order valence-corrected chi connectivity index (χ0v) is 14.4. The Morgan fingerprint density at radius 1 is 1.25 bits per heavy atom. The van der Waals surface area contributed by atoms with Crippen molar-refractivity contribution in [2.45, 2.75) is 18.8 Å². The molecule has 1 saturated heterocycles. The van der Waals surface area contributed by atoms with Gasteiger partial charge in [-0.1, -0.05) is 0 Å². The third kappa shape index (κ3) is 3.87. The van der Waals surface area contributed by atoms with Crippen molar-refractivity contribution < 1.29 is 32.3 Å². The number of alkyl halides is 4. The predicted molar refractivity (Wildman–Crippen MR) is 88.6 cm³/mol. The zero-order valence-electron chi connectivity index (χ0n) is 14.4. The molecule has 0 unspecified atom stereocenters. The molecule has 7 nitrogen and oxygen atoms in total. The number of nitrogens with zero attached hydrogens (tertiary/aromatic N) is 4. The number of rotatable bonds is 4. The molecule has 1 aromatic carbocycles. The summed E-state index contributed by atoms with van der Waals surface area (Å²) in [6, 6.07) is 3.43. The van der Waals surface area contributed by atoms with Gasteiger partial charge in [-0.15, -0.1) is 5.10 Å². The Labute approximate surface area is 155 Å². The molecule has 1 amide bonds. The molecule has 28 heavy (non-hydrogen) atoms. The minimum atomic E-state index is -4.51. The van der Waals surface area contributed by atoms with Crippen LogP contribution in [0.2, 0.25) is 0 Å². The average molecular weight is 398 g/mol. The summed E-state index contributed by atoms with van der Waals surface area (Å²) in [7, 11) is 0. The normalized spacial score (nSPS) is 16.2. The first kappa shape index (κ1) is 19.5. The Morgan fingerprint density at radius 3 is 2.54 bits per heavy atom. The van der Waals surface area contributed by atoms with E-state index in [1.165, 1.54) is 25.5 Å². The Morgan fingerprint density at radius 2 is 1.93 bits per heavy atom. The number of aromatic nitrogens is 3. The maximum Gasteiger partial charge on any atom is 0.416 e. The second-order valence-electron chi connectivity index (χ2n) is 6.41. The van der Waals surface area contributed by atoms with E-state index in [-0.39, 0.29) is 11.4 Å². The third-order valence-electron chi connectivity index (χ3n) is 4.12. The van der Waals surface area contributed by atoms with E-state index in [1.54, 1.807) is 0 Å². The van der Waals surface area contributed by atoms with Crippen molar-refractivity contribution in [2.75, 3.05) is 13.1 Å². The van der Waals surface area contributed by atoms with Gasteiger partial charge in [0, 0.05) is 17.8 Å². The van der Waals surface area contributed by atoms with Gasteiger partial charge in [0.25, 0.3) is 0 Å². The summed E-state index contributed by atoms with van der Waals surface area (Å²) in [4.78, 5) is 27.5. The van der Waals surface area contributed by atoms with Crippen molar-refractivity contribution in [3.05, 3.63) is 41.7 Å². The molecule has 3 rings (SSSR count). The van der Waals surface area contributed by atoms with Crippen LogP contribution in [0.4, 0.5) is 17.6 Å². The van der Waals surface area contributed by atoms with Gasteiger partial charge < -0.3 is 10.0 Å². The lowest BCUT2D eigenvalue weighted by Crippen LogP contribution is -2.64. The Bertz CT molecular complexity index is 962. The first-order chi connectivity index (χ1) is 13.0. The van der Waals surface area contributed by atoms with E-state index < -0.39 is 42.4 Å². The fourth-order valence-electron chi connectivity index (χ4n) is 2.65. The topological polar surface area (TPSA) is 88.3 Å². The molecule has 1 aliphatic rings. The SMILES string of the molecule is Cc1cc(-c2ncn(/C=C\C(=O)N3CC(F)(C(=O)O)C3)n2)cc(C(F)(F)F)c1. The van der Waals surface area contributed by atoms with Crippen molar-refractivity contribution in [1.29, 1.82) is 0 Å². The summed E-state index contributed by atoms with van der Waals surface area (Å²) in [5.74, 6) is -2.22. The average Bonchev–Trinajstić information content (AvgIpc) is 3.04. The first-order valence-corrected chi connectivity index (χ1v) is 7.98. The Kier molecular flexibility index (Phi) is 4.69. The predicted octanol–water partition coefficient (Wildman–Crippen LogP) is 2.38. The van der Waals surface area contributed by atoms with Gasteiger partial charge in [-0.25, -0.2) is 18.9 Å². The number of carbonyl (C=O) groups excluding carboxylic acids is 1. The molecule has 1 N–H and O–H groups in total. The van der Waals surface area contributed by atoms with Crippen molar-refractivity contribution >= 4 is 18.1 Å². The summed E-state index contributed by atoms with van der Waals surface area (Å²) in [5, 5.41) is 12.7. The minimum Gasteiger partial charge on any atom is -0.479 e. The summed E-state index contributed by atoms with van der Waals surface area (Å²) in [6.07, 6.45) is -1.08. The molecule has 2 aromatic rings. The van der Waals surface area contributed by atoms with Crippen LogP contribution in [0.25, 0.3) is 17.6 Å². The van der Waals surface area contributed by atoms with Gasteiger partial charge in [-0.2, -0.15) is 13.2 Å². The van der Waals surface area contributed by atoms with Crippen LogP contribution in [-0.2, 0) is 15.8 Å². The van der Waals surface area contributed by atoms with Gasteiger partial charge in [-0.3, -0.25) is 4.79 Å². The molecule has 0 saturated carbocycles. The molecule has 2 heterocycles. The van der Waals surface area contributed by atoms with Gasteiger partial charge in [0.2, 0.25) is 11.6 Å². The number of benzene rings is 1. The highest BCUT2D eigenvalue weighted by Crippen LogP contribution is 2.32. The molecule has 0 radical (unpaired) electrons. The van der Waals surface area contributed by atoms with Crippen molar-refractivity contribution in [2.24, 2.45) is 0 Å². The highest BCUT2D eigenvalue weighted by molar-refractivity contribution is 5.93. The van der Waals surface area contributed by atoms with Crippen molar-refractivity contribution in [3.8, 4) is 11.4 Å². The summed E-state index contributed by atoms with van der Waals surface area (Å²) in [5.41, 5.74) is -2.71. The van der Waals surface area contributed by atoms with E-state index in [4.69, 9.17) is 5.11 Å². The lowest BCUT2D eigenvalue weighted by atomic mass is 9.96. The van der Waals surface area contributed by atoms with Gasteiger partial charge >= 0.3 is 12.1 Å². The maximum atomic E-state index is 13.6. The minimum absolute atomic E-state index is 0.0314. The highest BCUT2D eigenvalue weighted by Gasteiger charge is 2.51. The first-order valence-electron chi connectivity index (χ1n) is 7.98. The molecule has 11 heteroatoms. The second-order valence-corrected chi connectivity index (χ2v) is 6.41. The fourth-order valence-corrected chi connectivity index (χ4v) is 2.65. The number of carbonyl (C=O) groups is 2. The van der Waals surface area contributed by atoms with Crippen LogP contribution < -0.4 is 0 Å². The van der Waals surface area contributed by atoms with Crippen molar-refractivity contribution in [1.82, 2.24) is 19.7 Å². The lowest BCUT2D eigenvalue weighted by Gasteiger charge is -2.40. The monoisotopic (exact) mass is 398 g/mol. The van der Waals surface area contributed by atoms with Gasteiger partial charge in [0.05, 0.1) is 18.7 Å². The number of halogens is 4. The molecule has 0 spiro atoms. The molecule has 148 valence electrons. The molecular weight excluding hydrogens is 384 g/mol. The number of amides is 1. The standard InChI is InChI=1S/C17H14F4N4O3/c1-10-4-11(6-12(5-10)17(19,20)21)14-22-9-25(23-14)3-2-13(26)24-7-16(18,8-24)15(27)28/h2-6,9H,7-8H2,1H3,(H,27,28)/b3-2-. The smallest absolute Gasteiger partial charge is 0.416 e. The Hall–Kier alpha value is -3.24. The van der Waals surface area contributed by atoms with E-state index in [9.17, 15) is 27.2 Å². The number of hydrogen-bond acceptors (Lipinski definition) is 4. The number of aliphatic carboxylic acids is 1. The van der Waals surface area contributed by atoms with E-state index in [0.29, 0.717) is 5.56 Å². The van der Waals surface area contributed by atoms with Crippen LogP contribution in [-0.4, -0.2) is 55.4 Å². The summed E-state index contributed by atoms with van der Waals surface area (Å²) < 4.78 is 53.5. The van der Waals surface area contributed by atoms with Gasteiger partial charge in [0.1, 0.15) is 6.33 Å². The van der Waals surface area contributed by atoms with Crippen molar-refractivity contribution in [3.63, 3.8) is 0 Å². The molecular formula is C17H14F4N4O3. The van der Waals surface area contributed by atoms with Gasteiger partial charge in [-0.05, 0) is 30.7 Å². The van der Waals surface area contributed by atoms with Crippen LogP contribution in [0.1, 0.15) is 11.1 Å². The van der Waals surface area contributed by atoms with E-state index in [2.05, 4.69) is 10.1 Å². The Balaban J connectivity index is 1.71. The zero-order chi connectivity index (χ0) is 20.7. The number of aryl methyl sites for hydroxylation is 1. The number of likely N-dealkylation sites (tertiary alicyclic amines) is 1. The largest absolute Gasteiger partial charge is 0.479 e. The molecule has 0 bridgehead atoms. The number of carboxylic acids is 1. The number of carboxylic acid groups (broad SMARTS) is 1. The van der Waals surface area contributed by atoms with Crippen LogP contribution in [0.3, 0.4) is 0 Å². The van der Waals surface area contributed by atoms with E-state index in [1.807, 2.05) is 0 Å². The lowest BCUT2D eigenvalue weighted by molar-refractivity contribution is -0.167. The molecule has 0 aliphatic carbocycles. The molecule has 1 aromatic heterocycles. The third-order valence-corrected chi connectivity index (χ3v) is 4.12. The fraction of sp³-hybridized carbons (Fsp3) is 0.294. The molecule has 0 atom stereocenters.